The number of nitrogens with zero attached hydrogens (tertiary/aromatic N) is 1. The van der Waals surface area contributed by atoms with Crippen molar-refractivity contribution >= 4 is 11.6 Å². The van der Waals surface area contributed by atoms with Gasteiger partial charge in [0.1, 0.15) is 11.4 Å². The van der Waals surface area contributed by atoms with Gasteiger partial charge in [-0.1, -0.05) is 19.3 Å². The van der Waals surface area contributed by atoms with E-state index >= 15 is 0 Å². The molecular weight excluding hydrogens is 279 g/mol. The molecule has 0 aromatic heterocycles. The minimum absolute atomic E-state index is 0.0134. The van der Waals surface area contributed by atoms with Crippen LogP contribution in [0.5, 0.6) is 0 Å². The molecule has 1 saturated carbocycles. The molecule has 7 heteroatoms. The molecule has 1 aliphatic rings. The highest BCUT2D eigenvalue weighted by Crippen LogP contribution is 2.27. The van der Waals surface area contributed by atoms with Gasteiger partial charge in [0.15, 0.2) is 0 Å². The molecule has 0 bridgehead atoms. The van der Waals surface area contributed by atoms with Crippen molar-refractivity contribution in [2.24, 2.45) is 0 Å². The molecule has 0 unspecified atom stereocenters. The number of amides is 1. The van der Waals surface area contributed by atoms with Gasteiger partial charge in [-0.2, -0.15) is 0 Å². The van der Waals surface area contributed by atoms with Crippen molar-refractivity contribution in [1.82, 2.24) is 5.32 Å². The van der Waals surface area contributed by atoms with E-state index < -0.39 is 27.9 Å². The average Bonchev–Trinajstić information content (AvgIpc) is 2.45. The van der Waals surface area contributed by atoms with E-state index in [4.69, 9.17) is 0 Å². The molecule has 0 heterocycles. The molecule has 1 aromatic carbocycles. The SMILES string of the molecule is O=C(NCC1(O)CCCCC1)c1cc(F)ccc1[N+](=O)[O-]. The highest BCUT2D eigenvalue weighted by molar-refractivity contribution is 5.98. The van der Waals surface area contributed by atoms with Gasteiger partial charge >= 0.3 is 0 Å². The third-order valence-electron chi connectivity index (χ3n) is 3.76. The van der Waals surface area contributed by atoms with Crippen LogP contribution in [0.15, 0.2) is 18.2 Å². The molecule has 0 aliphatic heterocycles. The predicted octanol–water partition coefficient (Wildman–Crippen LogP) is 2.16. The Morgan fingerprint density at radius 1 is 1.38 bits per heavy atom. The predicted molar refractivity (Wildman–Crippen MR) is 73.4 cm³/mol. The summed E-state index contributed by atoms with van der Waals surface area (Å²) in [5, 5.41) is 23.6. The molecule has 0 spiro atoms. The average molecular weight is 296 g/mol. The molecule has 0 atom stereocenters. The highest BCUT2D eigenvalue weighted by Gasteiger charge is 2.30. The lowest BCUT2D eigenvalue weighted by molar-refractivity contribution is -0.385. The quantitative estimate of drug-likeness (QED) is 0.657. The number of halogens is 1. The second-order valence-electron chi connectivity index (χ2n) is 5.39. The van der Waals surface area contributed by atoms with Crippen molar-refractivity contribution in [2.45, 2.75) is 37.7 Å². The highest BCUT2D eigenvalue weighted by atomic mass is 19.1. The molecule has 114 valence electrons. The Morgan fingerprint density at radius 2 is 2.05 bits per heavy atom. The molecule has 2 rings (SSSR count). The Hall–Kier alpha value is -2.02. The van der Waals surface area contributed by atoms with E-state index in [1.165, 1.54) is 0 Å². The Morgan fingerprint density at radius 3 is 2.67 bits per heavy atom. The number of carbonyl (C=O) groups excluding carboxylic acids is 1. The standard InChI is InChI=1S/C14H17FN2O4/c15-10-4-5-12(17(20)21)11(8-10)13(18)16-9-14(19)6-2-1-3-7-14/h4-5,8,19H,1-3,6-7,9H2,(H,16,18). The van der Waals surface area contributed by atoms with E-state index in [1.807, 2.05) is 0 Å². The van der Waals surface area contributed by atoms with Crippen LogP contribution >= 0.6 is 0 Å². The van der Waals surface area contributed by atoms with Crippen LogP contribution in [0, 0.1) is 15.9 Å². The maximum absolute atomic E-state index is 13.2. The third-order valence-corrected chi connectivity index (χ3v) is 3.76. The van der Waals surface area contributed by atoms with Crippen molar-refractivity contribution in [2.75, 3.05) is 6.54 Å². The molecule has 6 nitrogen and oxygen atoms in total. The van der Waals surface area contributed by atoms with Crippen LogP contribution in [0.1, 0.15) is 42.5 Å². The van der Waals surface area contributed by atoms with E-state index in [1.54, 1.807) is 0 Å². The number of rotatable bonds is 4. The Bertz CT molecular complexity index is 556. The van der Waals surface area contributed by atoms with Gasteiger partial charge in [-0.3, -0.25) is 14.9 Å². The second kappa shape index (κ2) is 6.17. The number of nitro groups is 1. The molecule has 1 fully saturated rings. The van der Waals surface area contributed by atoms with Crippen molar-refractivity contribution in [3.63, 3.8) is 0 Å². The molecular formula is C14H17FN2O4. The molecule has 1 amide bonds. The number of nitro benzene ring substituents is 1. The summed E-state index contributed by atoms with van der Waals surface area (Å²) in [6, 6.07) is 2.72. The summed E-state index contributed by atoms with van der Waals surface area (Å²) in [4.78, 5) is 22.1. The van der Waals surface area contributed by atoms with Crippen LogP contribution in [-0.2, 0) is 0 Å². The second-order valence-corrected chi connectivity index (χ2v) is 5.39. The molecule has 2 N–H and O–H groups in total. The summed E-state index contributed by atoms with van der Waals surface area (Å²) in [5.41, 5.74) is -1.76. The van der Waals surface area contributed by atoms with E-state index in [9.17, 15) is 24.4 Å². The zero-order valence-corrected chi connectivity index (χ0v) is 11.5. The number of benzene rings is 1. The minimum atomic E-state index is -0.976. The maximum Gasteiger partial charge on any atom is 0.282 e. The van der Waals surface area contributed by atoms with E-state index in [0.29, 0.717) is 12.8 Å². The van der Waals surface area contributed by atoms with Gasteiger partial charge in [-0.15, -0.1) is 0 Å². The van der Waals surface area contributed by atoms with Crippen molar-refractivity contribution in [3.8, 4) is 0 Å². The topological polar surface area (TPSA) is 92.5 Å². The number of hydrogen-bond donors (Lipinski definition) is 2. The van der Waals surface area contributed by atoms with Crippen molar-refractivity contribution in [1.29, 1.82) is 0 Å². The normalized spacial score (nSPS) is 17.2. The fourth-order valence-electron chi connectivity index (χ4n) is 2.58. The van der Waals surface area contributed by atoms with Crippen LogP contribution in [0.4, 0.5) is 10.1 Å². The summed E-state index contributed by atoms with van der Waals surface area (Å²) in [7, 11) is 0. The number of aliphatic hydroxyl groups is 1. The Kier molecular flexibility index (Phi) is 4.52. The summed E-state index contributed by atoms with van der Waals surface area (Å²) >= 11 is 0. The van der Waals surface area contributed by atoms with Crippen molar-refractivity contribution in [3.05, 3.63) is 39.7 Å². The lowest BCUT2D eigenvalue weighted by Gasteiger charge is -2.32. The van der Waals surface area contributed by atoms with E-state index in [2.05, 4.69) is 5.32 Å². The number of nitrogens with one attached hydrogen (secondary N) is 1. The van der Waals surface area contributed by atoms with Crippen LogP contribution in [-0.4, -0.2) is 28.1 Å². The lowest BCUT2D eigenvalue weighted by atomic mass is 9.85. The van der Waals surface area contributed by atoms with Gasteiger partial charge in [0.05, 0.1) is 10.5 Å². The largest absolute Gasteiger partial charge is 0.388 e. The first kappa shape index (κ1) is 15.4. The van der Waals surface area contributed by atoms with Gasteiger partial charge < -0.3 is 10.4 Å². The third kappa shape index (κ3) is 3.75. The summed E-state index contributed by atoms with van der Waals surface area (Å²) < 4.78 is 13.2. The summed E-state index contributed by atoms with van der Waals surface area (Å²) in [6.45, 7) is 0.0134. The molecule has 21 heavy (non-hydrogen) atoms. The zero-order chi connectivity index (χ0) is 15.5. The smallest absolute Gasteiger partial charge is 0.282 e. The zero-order valence-electron chi connectivity index (χ0n) is 11.5. The number of carbonyl (C=O) groups is 1. The van der Waals surface area contributed by atoms with Crippen LogP contribution < -0.4 is 5.32 Å². The van der Waals surface area contributed by atoms with Crippen LogP contribution in [0.25, 0.3) is 0 Å². The summed E-state index contributed by atoms with van der Waals surface area (Å²) in [6.07, 6.45) is 3.97. The van der Waals surface area contributed by atoms with Gasteiger partial charge in [-0.05, 0) is 25.0 Å². The van der Waals surface area contributed by atoms with Gasteiger partial charge in [-0.25, -0.2) is 4.39 Å². The molecule has 1 aliphatic carbocycles. The first-order chi connectivity index (χ1) is 9.91. The lowest BCUT2D eigenvalue weighted by Crippen LogP contribution is -2.44. The Balaban J connectivity index is 2.09. The molecule has 0 radical (unpaired) electrons. The monoisotopic (exact) mass is 296 g/mol. The Labute approximate surface area is 121 Å². The number of hydrogen-bond acceptors (Lipinski definition) is 4. The maximum atomic E-state index is 13.2. The van der Waals surface area contributed by atoms with Gasteiger partial charge in [0, 0.05) is 12.6 Å². The van der Waals surface area contributed by atoms with E-state index in [-0.39, 0.29) is 12.1 Å². The fraction of sp³-hybridized carbons (Fsp3) is 0.500. The first-order valence-electron chi connectivity index (χ1n) is 6.86. The minimum Gasteiger partial charge on any atom is -0.388 e. The van der Waals surface area contributed by atoms with E-state index in [0.717, 1.165) is 37.5 Å². The summed E-state index contributed by atoms with van der Waals surface area (Å²) in [5.74, 6) is -1.47. The first-order valence-corrected chi connectivity index (χ1v) is 6.86. The fourth-order valence-corrected chi connectivity index (χ4v) is 2.58. The van der Waals surface area contributed by atoms with Gasteiger partial charge in [0.25, 0.3) is 11.6 Å². The van der Waals surface area contributed by atoms with Crippen molar-refractivity contribution < 1.29 is 19.2 Å². The molecule has 0 saturated heterocycles. The molecule has 1 aromatic rings. The van der Waals surface area contributed by atoms with Crippen LogP contribution in [0.3, 0.4) is 0 Å². The van der Waals surface area contributed by atoms with Crippen LogP contribution in [0.2, 0.25) is 0 Å². The van der Waals surface area contributed by atoms with Gasteiger partial charge in [0.2, 0.25) is 0 Å².